The van der Waals surface area contributed by atoms with E-state index in [0.717, 1.165) is 11.2 Å². The van der Waals surface area contributed by atoms with E-state index in [0.29, 0.717) is 0 Å². The van der Waals surface area contributed by atoms with E-state index in [1.165, 1.54) is 109 Å². The molecule has 1 nitrogen and oxygen atoms in total. The summed E-state index contributed by atoms with van der Waals surface area (Å²) in [5, 5.41) is 12.5. The van der Waals surface area contributed by atoms with Crippen LogP contribution in [0.25, 0.3) is 110 Å². The molecule has 0 unspecified atom stereocenters. The minimum absolute atomic E-state index is 0.167. The van der Waals surface area contributed by atoms with Gasteiger partial charge in [-0.2, -0.15) is 0 Å². The Bertz CT molecular complexity index is 3370. The van der Waals surface area contributed by atoms with Gasteiger partial charge in [-0.25, -0.2) is 0 Å². The van der Waals surface area contributed by atoms with Crippen LogP contribution in [0, 0.1) is 0 Å². The molecule has 262 valence electrons. The highest BCUT2D eigenvalue weighted by atomic mass is 16.3. The first kappa shape index (κ1) is 31.4. The molecule has 0 amide bonds. The fraction of sp³-hybridized carbons (Fsp3) is 0.0545. The van der Waals surface area contributed by atoms with Crippen LogP contribution in [0.1, 0.15) is 25.0 Å². The molecule has 0 N–H and O–H groups in total. The molecule has 10 aromatic carbocycles. The fourth-order valence-electron chi connectivity index (χ4n) is 9.96. The van der Waals surface area contributed by atoms with Gasteiger partial charge < -0.3 is 4.42 Å². The van der Waals surface area contributed by atoms with Crippen LogP contribution < -0.4 is 0 Å². The van der Waals surface area contributed by atoms with Crippen molar-refractivity contribution < 1.29 is 4.42 Å². The van der Waals surface area contributed by atoms with E-state index >= 15 is 0 Å². The van der Waals surface area contributed by atoms with Crippen LogP contribution in [-0.4, -0.2) is 0 Å². The van der Waals surface area contributed by atoms with E-state index < -0.39 is 0 Å². The number of furan rings is 1. The van der Waals surface area contributed by atoms with Crippen molar-refractivity contribution in [2.45, 2.75) is 19.3 Å². The van der Waals surface area contributed by atoms with E-state index in [2.05, 4.69) is 196 Å². The second kappa shape index (κ2) is 11.5. The van der Waals surface area contributed by atoms with Gasteiger partial charge in [0.2, 0.25) is 0 Å². The predicted octanol–water partition coefficient (Wildman–Crippen LogP) is 15.5. The van der Waals surface area contributed by atoms with Crippen LogP contribution in [0.2, 0.25) is 0 Å². The first-order valence-corrected chi connectivity index (χ1v) is 19.6. The zero-order valence-electron chi connectivity index (χ0n) is 31.2. The van der Waals surface area contributed by atoms with Crippen LogP contribution >= 0.6 is 0 Å². The standard InChI is InChI=1S/C55H36O/c1-55(2)48-30-37(26-28-40(48)46-31-47-51(32-49(46)55)56-50-29-27-35-13-4-6-16-39(35)54(47)50)33-22-24-36(25-23-33)52-42-17-7-9-19-44(42)53(45-20-10-8-18-43(45)52)41-21-11-14-34-12-3-5-15-38(34)41/h3-32H,1-2H3. The average Bonchev–Trinajstić information content (AvgIpc) is 3.73. The van der Waals surface area contributed by atoms with Gasteiger partial charge in [-0.15, -0.1) is 0 Å². The third-order valence-corrected chi connectivity index (χ3v) is 12.7. The molecule has 0 bridgehead atoms. The van der Waals surface area contributed by atoms with Crippen LogP contribution in [-0.2, 0) is 5.41 Å². The van der Waals surface area contributed by atoms with Gasteiger partial charge in [0.1, 0.15) is 11.2 Å². The van der Waals surface area contributed by atoms with Crippen LogP contribution in [0.15, 0.2) is 186 Å². The molecule has 11 aromatic rings. The van der Waals surface area contributed by atoms with Gasteiger partial charge in [-0.3, -0.25) is 0 Å². The minimum atomic E-state index is -0.167. The SMILES string of the molecule is CC1(C)c2cc(-c3ccc(-c4c5ccccc5c(-c5cccc6ccccc56)c5ccccc45)cc3)ccc2-c2cc3c(cc21)oc1ccc2ccccc2c13. The molecule has 12 rings (SSSR count). The molecule has 1 aliphatic carbocycles. The van der Waals surface area contributed by atoms with Gasteiger partial charge in [-0.1, -0.05) is 172 Å². The molecule has 0 radical (unpaired) electrons. The molecule has 0 fully saturated rings. The Balaban J connectivity index is 0.979. The van der Waals surface area contributed by atoms with E-state index in [9.17, 15) is 0 Å². The lowest BCUT2D eigenvalue weighted by Gasteiger charge is -2.22. The third kappa shape index (κ3) is 4.37. The van der Waals surface area contributed by atoms with Crippen molar-refractivity contribution in [3.05, 3.63) is 193 Å². The molecule has 0 atom stereocenters. The van der Waals surface area contributed by atoms with Crippen molar-refractivity contribution in [3.63, 3.8) is 0 Å². The first-order valence-electron chi connectivity index (χ1n) is 19.6. The quantitative estimate of drug-likeness (QED) is 0.166. The lowest BCUT2D eigenvalue weighted by atomic mass is 9.81. The van der Waals surface area contributed by atoms with Crippen molar-refractivity contribution in [1.82, 2.24) is 0 Å². The molecule has 0 saturated heterocycles. The van der Waals surface area contributed by atoms with Crippen molar-refractivity contribution in [3.8, 4) is 44.5 Å². The average molecular weight is 713 g/mol. The third-order valence-electron chi connectivity index (χ3n) is 12.7. The second-order valence-electron chi connectivity index (χ2n) is 16.0. The molecule has 1 heterocycles. The van der Waals surface area contributed by atoms with Gasteiger partial charge in [0.25, 0.3) is 0 Å². The molecular formula is C55H36O. The van der Waals surface area contributed by atoms with Crippen molar-refractivity contribution in [2.75, 3.05) is 0 Å². The molecule has 56 heavy (non-hydrogen) atoms. The smallest absolute Gasteiger partial charge is 0.136 e. The summed E-state index contributed by atoms with van der Waals surface area (Å²) in [6.45, 7) is 4.71. The summed E-state index contributed by atoms with van der Waals surface area (Å²) in [6, 6.07) is 67.2. The Labute approximate surface area is 325 Å². The van der Waals surface area contributed by atoms with Crippen LogP contribution in [0.4, 0.5) is 0 Å². The van der Waals surface area contributed by atoms with Crippen molar-refractivity contribution >= 4 is 65.0 Å². The number of rotatable bonds is 3. The monoisotopic (exact) mass is 712 g/mol. The van der Waals surface area contributed by atoms with E-state index in [1.54, 1.807) is 0 Å². The molecule has 1 aromatic heterocycles. The van der Waals surface area contributed by atoms with Crippen LogP contribution in [0.5, 0.6) is 0 Å². The number of fused-ring (bicyclic) bond motifs is 11. The van der Waals surface area contributed by atoms with E-state index in [-0.39, 0.29) is 5.41 Å². The second-order valence-corrected chi connectivity index (χ2v) is 16.0. The Morgan fingerprint density at radius 1 is 0.339 bits per heavy atom. The topological polar surface area (TPSA) is 13.1 Å². The maximum absolute atomic E-state index is 6.52. The highest BCUT2D eigenvalue weighted by molar-refractivity contribution is 6.24. The molecule has 0 saturated carbocycles. The van der Waals surface area contributed by atoms with Gasteiger partial charge in [-0.05, 0) is 123 Å². The maximum Gasteiger partial charge on any atom is 0.136 e. The highest BCUT2D eigenvalue weighted by Gasteiger charge is 2.36. The molecule has 0 aliphatic heterocycles. The summed E-state index contributed by atoms with van der Waals surface area (Å²) in [7, 11) is 0. The minimum Gasteiger partial charge on any atom is -0.456 e. The fourth-order valence-corrected chi connectivity index (χ4v) is 9.96. The maximum atomic E-state index is 6.52. The summed E-state index contributed by atoms with van der Waals surface area (Å²) in [5.74, 6) is 0. The first-order chi connectivity index (χ1) is 27.5. The summed E-state index contributed by atoms with van der Waals surface area (Å²) >= 11 is 0. The summed E-state index contributed by atoms with van der Waals surface area (Å²) in [4.78, 5) is 0. The predicted molar refractivity (Wildman–Crippen MR) is 238 cm³/mol. The van der Waals surface area contributed by atoms with Crippen molar-refractivity contribution in [2.24, 2.45) is 0 Å². The molecular weight excluding hydrogens is 677 g/mol. The lowest BCUT2D eigenvalue weighted by Crippen LogP contribution is -2.15. The van der Waals surface area contributed by atoms with Gasteiger partial charge in [0.15, 0.2) is 0 Å². The normalized spacial score (nSPS) is 13.3. The van der Waals surface area contributed by atoms with Crippen LogP contribution in [0.3, 0.4) is 0 Å². The van der Waals surface area contributed by atoms with Gasteiger partial charge in [0, 0.05) is 16.2 Å². The summed E-state index contributed by atoms with van der Waals surface area (Å²) in [5.41, 5.74) is 14.6. The van der Waals surface area contributed by atoms with E-state index in [1.807, 2.05) is 0 Å². The highest BCUT2D eigenvalue weighted by Crippen LogP contribution is 2.52. The van der Waals surface area contributed by atoms with Crippen molar-refractivity contribution in [1.29, 1.82) is 0 Å². The zero-order chi connectivity index (χ0) is 37.1. The lowest BCUT2D eigenvalue weighted by molar-refractivity contribution is 0.647. The Kier molecular flexibility index (Phi) is 6.46. The van der Waals surface area contributed by atoms with Gasteiger partial charge in [0.05, 0.1) is 0 Å². The summed E-state index contributed by atoms with van der Waals surface area (Å²) < 4.78 is 6.52. The molecule has 1 heteroatoms. The molecule has 1 aliphatic rings. The largest absolute Gasteiger partial charge is 0.456 e. The van der Waals surface area contributed by atoms with Gasteiger partial charge >= 0.3 is 0 Å². The van der Waals surface area contributed by atoms with E-state index in [4.69, 9.17) is 4.42 Å². The Morgan fingerprint density at radius 3 is 1.61 bits per heavy atom. The number of hydrogen-bond acceptors (Lipinski definition) is 1. The Hall–Kier alpha value is -6.96. The Morgan fingerprint density at radius 2 is 0.893 bits per heavy atom. The summed E-state index contributed by atoms with van der Waals surface area (Å²) in [6.07, 6.45) is 0. The zero-order valence-corrected chi connectivity index (χ0v) is 31.2. The number of hydrogen-bond donors (Lipinski definition) is 0. The molecule has 0 spiro atoms. The number of benzene rings is 10.